The predicted octanol–water partition coefficient (Wildman–Crippen LogP) is 5.14. The fraction of sp³-hybridized carbons (Fsp3) is 0.320. The highest BCUT2D eigenvalue weighted by molar-refractivity contribution is 6.30. The van der Waals surface area contributed by atoms with E-state index in [0.29, 0.717) is 18.0 Å². The number of amides is 1. The molecule has 1 unspecified atom stereocenters. The van der Waals surface area contributed by atoms with E-state index in [1.54, 1.807) is 13.3 Å². The quantitative estimate of drug-likeness (QED) is 0.537. The number of nitrogens with zero attached hydrogens (tertiary/aromatic N) is 3. The first-order valence-electron chi connectivity index (χ1n) is 10.6. The van der Waals surface area contributed by atoms with Crippen molar-refractivity contribution in [2.24, 2.45) is 0 Å². The summed E-state index contributed by atoms with van der Waals surface area (Å²) in [6, 6.07) is 15.5. The van der Waals surface area contributed by atoms with Gasteiger partial charge in [-0.3, -0.25) is 9.78 Å². The maximum Gasteiger partial charge on any atom is 0.222 e. The van der Waals surface area contributed by atoms with E-state index in [9.17, 15) is 4.79 Å². The molecule has 5 nitrogen and oxygen atoms in total. The van der Waals surface area contributed by atoms with Crippen LogP contribution in [0.25, 0.3) is 11.3 Å². The van der Waals surface area contributed by atoms with Crippen molar-refractivity contribution in [3.8, 4) is 17.0 Å². The van der Waals surface area contributed by atoms with Crippen LogP contribution in [0, 0.1) is 0 Å². The van der Waals surface area contributed by atoms with E-state index in [-0.39, 0.29) is 11.8 Å². The molecule has 4 rings (SSSR count). The molecular weight excluding hydrogens is 410 g/mol. The molecule has 3 aromatic rings. The smallest absolute Gasteiger partial charge is 0.222 e. The van der Waals surface area contributed by atoms with Gasteiger partial charge in [0.05, 0.1) is 24.7 Å². The molecule has 6 heteroatoms. The highest BCUT2D eigenvalue weighted by Gasteiger charge is 2.26. The van der Waals surface area contributed by atoms with Gasteiger partial charge in [-0.2, -0.15) is 0 Å². The van der Waals surface area contributed by atoms with Crippen molar-refractivity contribution in [3.63, 3.8) is 0 Å². The molecule has 1 amide bonds. The summed E-state index contributed by atoms with van der Waals surface area (Å²) in [6.45, 7) is 1.49. The number of carbonyl (C=O) groups is 1. The highest BCUT2D eigenvalue weighted by Crippen LogP contribution is 2.28. The number of benzene rings is 2. The van der Waals surface area contributed by atoms with Gasteiger partial charge in [-0.1, -0.05) is 35.9 Å². The summed E-state index contributed by atoms with van der Waals surface area (Å²) in [7, 11) is 1.65. The Morgan fingerprint density at radius 1 is 1.19 bits per heavy atom. The third-order valence-corrected chi connectivity index (χ3v) is 5.99. The summed E-state index contributed by atoms with van der Waals surface area (Å²) in [4.78, 5) is 24.1. The lowest BCUT2D eigenvalue weighted by Crippen LogP contribution is -2.39. The summed E-state index contributed by atoms with van der Waals surface area (Å²) in [5.41, 5.74) is 3.83. The van der Waals surface area contributed by atoms with Crippen molar-refractivity contribution in [2.75, 3.05) is 20.2 Å². The van der Waals surface area contributed by atoms with E-state index in [4.69, 9.17) is 21.3 Å². The molecule has 160 valence electrons. The summed E-state index contributed by atoms with van der Waals surface area (Å²) < 4.78 is 5.19. The van der Waals surface area contributed by atoms with E-state index in [1.807, 2.05) is 59.6 Å². The van der Waals surface area contributed by atoms with Crippen molar-refractivity contribution in [3.05, 3.63) is 77.2 Å². The van der Waals surface area contributed by atoms with E-state index < -0.39 is 0 Å². The molecule has 0 saturated carbocycles. The van der Waals surface area contributed by atoms with Crippen molar-refractivity contribution in [1.82, 2.24) is 14.9 Å². The van der Waals surface area contributed by atoms with Crippen LogP contribution in [0.5, 0.6) is 5.75 Å². The number of rotatable bonds is 6. The van der Waals surface area contributed by atoms with E-state index in [1.165, 1.54) is 0 Å². The molecule has 0 radical (unpaired) electrons. The topological polar surface area (TPSA) is 55.3 Å². The number of methoxy groups -OCH3 is 1. The first-order chi connectivity index (χ1) is 15.1. The minimum Gasteiger partial charge on any atom is -0.497 e. The third-order valence-electron chi connectivity index (χ3n) is 5.75. The Bertz CT molecular complexity index is 1040. The van der Waals surface area contributed by atoms with Crippen LogP contribution < -0.4 is 4.74 Å². The third kappa shape index (κ3) is 5.42. The monoisotopic (exact) mass is 435 g/mol. The molecule has 2 aromatic carbocycles. The number of likely N-dealkylation sites (tertiary alicyclic amines) is 1. The van der Waals surface area contributed by atoms with Crippen LogP contribution in [0.15, 0.2) is 60.9 Å². The van der Waals surface area contributed by atoms with Gasteiger partial charge in [0.25, 0.3) is 0 Å². The summed E-state index contributed by atoms with van der Waals surface area (Å²) in [5.74, 6) is 1.22. The Balaban J connectivity index is 1.40. The Morgan fingerprint density at radius 3 is 2.81 bits per heavy atom. The minimum atomic E-state index is 0.194. The fourth-order valence-corrected chi connectivity index (χ4v) is 4.20. The molecule has 1 atom stereocenters. The molecule has 1 aliphatic heterocycles. The first kappa shape index (κ1) is 21.3. The lowest BCUT2D eigenvalue weighted by atomic mass is 9.94. The Hall–Kier alpha value is -2.92. The number of hydrogen-bond acceptors (Lipinski definition) is 4. The molecule has 0 aliphatic carbocycles. The number of carbonyl (C=O) groups excluding carboxylic acids is 1. The average molecular weight is 436 g/mol. The molecule has 1 aliphatic rings. The zero-order valence-corrected chi connectivity index (χ0v) is 18.4. The normalized spacial score (nSPS) is 16.2. The second-order valence-electron chi connectivity index (χ2n) is 7.87. The number of piperidine rings is 1. The Morgan fingerprint density at radius 2 is 2.03 bits per heavy atom. The van der Waals surface area contributed by atoms with Crippen molar-refractivity contribution in [2.45, 2.75) is 31.6 Å². The molecule has 31 heavy (non-hydrogen) atoms. The molecule has 0 N–H and O–H groups in total. The van der Waals surface area contributed by atoms with Gasteiger partial charge in [-0.15, -0.1) is 0 Å². The molecular formula is C25H26ClN3O2. The largest absolute Gasteiger partial charge is 0.497 e. The van der Waals surface area contributed by atoms with Crippen LogP contribution in [0.2, 0.25) is 5.02 Å². The van der Waals surface area contributed by atoms with Gasteiger partial charge < -0.3 is 9.64 Å². The van der Waals surface area contributed by atoms with Gasteiger partial charge in [-0.05, 0) is 49.1 Å². The first-order valence-corrected chi connectivity index (χ1v) is 11.0. The molecule has 1 saturated heterocycles. The zero-order valence-electron chi connectivity index (χ0n) is 17.6. The van der Waals surface area contributed by atoms with Crippen molar-refractivity contribution >= 4 is 17.5 Å². The van der Waals surface area contributed by atoms with Crippen LogP contribution in [0.4, 0.5) is 0 Å². The average Bonchev–Trinajstić information content (AvgIpc) is 2.83. The second-order valence-corrected chi connectivity index (χ2v) is 8.30. The van der Waals surface area contributed by atoms with Gasteiger partial charge >= 0.3 is 0 Å². The predicted molar refractivity (Wildman–Crippen MR) is 122 cm³/mol. The van der Waals surface area contributed by atoms with E-state index >= 15 is 0 Å². The van der Waals surface area contributed by atoms with E-state index in [2.05, 4.69) is 4.98 Å². The van der Waals surface area contributed by atoms with Crippen LogP contribution in [0.3, 0.4) is 0 Å². The van der Waals surface area contributed by atoms with Gasteiger partial charge in [0.1, 0.15) is 5.75 Å². The van der Waals surface area contributed by atoms with Gasteiger partial charge in [0.15, 0.2) is 0 Å². The number of halogens is 1. The van der Waals surface area contributed by atoms with Crippen molar-refractivity contribution < 1.29 is 9.53 Å². The van der Waals surface area contributed by atoms with Crippen molar-refractivity contribution in [1.29, 1.82) is 0 Å². The van der Waals surface area contributed by atoms with Crippen LogP contribution >= 0.6 is 11.6 Å². The van der Waals surface area contributed by atoms with Crippen LogP contribution in [0.1, 0.15) is 36.4 Å². The molecule has 2 heterocycles. The lowest BCUT2D eigenvalue weighted by molar-refractivity contribution is -0.132. The van der Waals surface area contributed by atoms with Crippen LogP contribution in [-0.4, -0.2) is 41.0 Å². The lowest BCUT2D eigenvalue weighted by Gasteiger charge is -2.32. The maximum absolute atomic E-state index is 12.8. The van der Waals surface area contributed by atoms with Crippen LogP contribution in [-0.2, 0) is 11.2 Å². The second kappa shape index (κ2) is 9.92. The van der Waals surface area contributed by atoms with Gasteiger partial charge in [0, 0.05) is 42.2 Å². The Kier molecular flexibility index (Phi) is 6.82. The fourth-order valence-electron chi connectivity index (χ4n) is 4.01. The number of ether oxygens (including phenoxy) is 1. The zero-order chi connectivity index (χ0) is 21.6. The van der Waals surface area contributed by atoms with Gasteiger partial charge in [0.2, 0.25) is 5.91 Å². The number of aryl methyl sites for hydroxylation is 1. The maximum atomic E-state index is 12.8. The molecule has 1 aromatic heterocycles. The minimum absolute atomic E-state index is 0.194. The highest BCUT2D eigenvalue weighted by atomic mass is 35.5. The molecule has 1 fully saturated rings. The molecule has 0 bridgehead atoms. The summed E-state index contributed by atoms with van der Waals surface area (Å²) >= 11 is 6.13. The SMILES string of the molecule is COc1ccc(CCC(=O)N2CCCC(c3cncc(-c4cccc(Cl)c4)n3)C2)cc1. The number of aromatic nitrogens is 2. The summed E-state index contributed by atoms with van der Waals surface area (Å²) in [6.07, 6.45) is 6.80. The number of hydrogen-bond donors (Lipinski definition) is 0. The standard InChI is InChI=1S/C25H26ClN3O2/c1-31-22-10-7-18(8-11-22)9-12-25(30)29-13-3-5-20(17-29)24-16-27-15-23(28-24)19-4-2-6-21(26)14-19/h2,4,6-8,10-11,14-16,20H,3,5,9,12-13,17H2,1H3. The van der Waals surface area contributed by atoms with E-state index in [0.717, 1.165) is 54.1 Å². The molecule has 0 spiro atoms. The summed E-state index contributed by atoms with van der Waals surface area (Å²) in [5, 5.41) is 0.677. The Labute approximate surface area is 188 Å². The van der Waals surface area contributed by atoms with Gasteiger partial charge in [-0.25, -0.2) is 4.98 Å².